The van der Waals surface area contributed by atoms with E-state index in [-0.39, 0.29) is 11.0 Å². The molecule has 2 aromatic carbocycles. The number of ether oxygens (including phenoxy) is 1. The van der Waals surface area contributed by atoms with E-state index in [4.69, 9.17) is 16.3 Å². The predicted octanol–water partition coefficient (Wildman–Crippen LogP) is 4.59. The van der Waals surface area contributed by atoms with Crippen LogP contribution in [0.25, 0.3) is 11.0 Å². The molecule has 1 heterocycles. The van der Waals surface area contributed by atoms with Crippen LogP contribution in [0.15, 0.2) is 47.6 Å². The normalized spacial score (nSPS) is 12.3. The number of carbonyl (C=O) groups is 1. The molecule has 1 atom stereocenters. The molecule has 3 rings (SSSR count). The van der Waals surface area contributed by atoms with Crippen molar-refractivity contribution >= 4 is 40.2 Å². The number of imidazole rings is 1. The van der Waals surface area contributed by atoms with E-state index in [0.717, 1.165) is 16.8 Å². The van der Waals surface area contributed by atoms with Crippen LogP contribution in [0.4, 0.5) is 0 Å². The van der Waals surface area contributed by atoms with Crippen molar-refractivity contribution in [2.45, 2.75) is 17.3 Å². The number of aromatic nitrogens is 2. The van der Waals surface area contributed by atoms with Crippen LogP contribution in [0.1, 0.15) is 17.3 Å². The zero-order valence-electron chi connectivity index (χ0n) is 12.7. The van der Waals surface area contributed by atoms with E-state index in [2.05, 4.69) is 9.97 Å². The fourth-order valence-corrected chi connectivity index (χ4v) is 3.33. The number of benzene rings is 2. The Hall–Kier alpha value is -1.98. The van der Waals surface area contributed by atoms with Gasteiger partial charge < -0.3 is 9.72 Å². The van der Waals surface area contributed by atoms with Crippen molar-refractivity contribution in [1.82, 2.24) is 9.97 Å². The molecule has 0 spiro atoms. The highest BCUT2D eigenvalue weighted by molar-refractivity contribution is 8.00. The van der Waals surface area contributed by atoms with Crippen molar-refractivity contribution in [2.24, 2.45) is 0 Å². The summed E-state index contributed by atoms with van der Waals surface area (Å²) in [5.74, 6) is 0.788. The lowest BCUT2D eigenvalue weighted by atomic mass is 10.1. The van der Waals surface area contributed by atoms with Gasteiger partial charge in [0.1, 0.15) is 5.75 Å². The molecule has 0 aliphatic carbocycles. The molecule has 0 bridgehead atoms. The lowest BCUT2D eigenvalue weighted by molar-refractivity contribution is 0.0994. The van der Waals surface area contributed by atoms with Gasteiger partial charge in [0.25, 0.3) is 0 Å². The van der Waals surface area contributed by atoms with E-state index < -0.39 is 0 Å². The average Bonchev–Trinajstić information content (AvgIpc) is 2.95. The number of hydrogen-bond acceptors (Lipinski definition) is 4. The van der Waals surface area contributed by atoms with Crippen LogP contribution in [-0.4, -0.2) is 28.1 Å². The second kappa shape index (κ2) is 6.64. The largest absolute Gasteiger partial charge is 0.497 e. The fraction of sp³-hybridized carbons (Fsp3) is 0.176. The second-order valence-corrected chi connectivity index (χ2v) is 6.83. The van der Waals surface area contributed by atoms with E-state index in [1.165, 1.54) is 11.8 Å². The van der Waals surface area contributed by atoms with Crippen molar-refractivity contribution in [3.8, 4) is 5.75 Å². The summed E-state index contributed by atoms with van der Waals surface area (Å²) in [4.78, 5) is 20.2. The third-order valence-corrected chi connectivity index (χ3v) is 4.65. The van der Waals surface area contributed by atoms with Crippen LogP contribution in [0.3, 0.4) is 0 Å². The molecule has 1 N–H and O–H groups in total. The highest BCUT2D eigenvalue weighted by Gasteiger charge is 2.18. The van der Waals surface area contributed by atoms with Crippen molar-refractivity contribution in [3.05, 3.63) is 53.1 Å². The first-order valence-corrected chi connectivity index (χ1v) is 8.33. The maximum atomic E-state index is 12.5. The number of halogens is 1. The Labute approximate surface area is 143 Å². The molecular weight excluding hydrogens is 332 g/mol. The lowest BCUT2D eigenvalue weighted by Gasteiger charge is -2.08. The zero-order valence-corrected chi connectivity index (χ0v) is 14.2. The highest BCUT2D eigenvalue weighted by Crippen LogP contribution is 2.27. The molecule has 0 saturated carbocycles. The second-order valence-electron chi connectivity index (χ2n) is 5.06. The third kappa shape index (κ3) is 3.51. The molecule has 118 valence electrons. The van der Waals surface area contributed by atoms with Gasteiger partial charge in [0, 0.05) is 16.7 Å². The van der Waals surface area contributed by atoms with Gasteiger partial charge in [-0.3, -0.25) is 4.79 Å². The Kier molecular flexibility index (Phi) is 4.59. The van der Waals surface area contributed by atoms with E-state index in [9.17, 15) is 4.79 Å². The average molecular weight is 347 g/mol. The minimum absolute atomic E-state index is 0.0236. The van der Waals surface area contributed by atoms with E-state index >= 15 is 0 Å². The van der Waals surface area contributed by atoms with Gasteiger partial charge in [0.2, 0.25) is 0 Å². The Bertz CT molecular complexity index is 863. The molecule has 3 aromatic rings. The topological polar surface area (TPSA) is 55.0 Å². The summed E-state index contributed by atoms with van der Waals surface area (Å²) >= 11 is 7.34. The van der Waals surface area contributed by atoms with Crippen LogP contribution >= 0.6 is 23.4 Å². The van der Waals surface area contributed by atoms with Gasteiger partial charge in [-0.05, 0) is 31.2 Å². The number of H-pyrrole nitrogens is 1. The summed E-state index contributed by atoms with van der Waals surface area (Å²) in [6, 6.07) is 12.6. The van der Waals surface area contributed by atoms with Gasteiger partial charge in [0.05, 0.1) is 23.4 Å². The Morgan fingerprint density at radius 2 is 2.13 bits per heavy atom. The smallest absolute Gasteiger partial charge is 0.176 e. The Balaban J connectivity index is 1.79. The summed E-state index contributed by atoms with van der Waals surface area (Å²) < 4.78 is 5.20. The molecule has 4 nitrogen and oxygen atoms in total. The van der Waals surface area contributed by atoms with Crippen LogP contribution in [-0.2, 0) is 0 Å². The molecule has 0 amide bonds. The molecule has 6 heteroatoms. The zero-order chi connectivity index (χ0) is 16.4. The van der Waals surface area contributed by atoms with Crippen molar-refractivity contribution < 1.29 is 9.53 Å². The number of hydrogen-bond donors (Lipinski definition) is 1. The first kappa shape index (κ1) is 15.9. The number of methoxy groups -OCH3 is 1. The molecule has 0 fully saturated rings. The Morgan fingerprint density at radius 1 is 1.30 bits per heavy atom. The van der Waals surface area contributed by atoms with Gasteiger partial charge in [0.15, 0.2) is 10.9 Å². The van der Waals surface area contributed by atoms with Crippen molar-refractivity contribution in [2.75, 3.05) is 7.11 Å². The number of rotatable bonds is 5. The lowest BCUT2D eigenvalue weighted by Crippen LogP contribution is -2.13. The van der Waals surface area contributed by atoms with Crippen molar-refractivity contribution in [3.63, 3.8) is 0 Å². The number of nitrogens with one attached hydrogen (secondary N) is 1. The number of thioether (sulfide) groups is 1. The first-order valence-electron chi connectivity index (χ1n) is 7.07. The van der Waals surface area contributed by atoms with Crippen molar-refractivity contribution in [1.29, 1.82) is 0 Å². The van der Waals surface area contributed by atoms with Crippen LogP contribution in [0.5, 0.6) is 5.75 Å². The summed E-state index contributed by atoms with van der Waals surface area (Å²) in [5.41, 5.74) is 2.33. The van der Waals surface area contributed by atoms with Gasteiger partial charge >= 0.3 is 0 Å². The van der Waals surface area contributed by atoms with E-state index in [1.54, 1.807) is 31.4 Å². The summed E-state index contributed by atoms with van der Waals surface area (Å²) in [7, 11) is 1.62. The van der Waals surface area contributed by atoms with Crippen LogP contribution < -0.4 is 4.74 Å². The van der Waals surface area contributed by atoms with E-state index in [1.807, 2.05) is 25.1 Å². The standard InChI is InChI=1S/C17H15ClN2O2S/c1-10(16(21)11-4-3-5-12(18)8-11)23-17-19-14-7-6-13(22-2)9-15(14)20-17/h3-10H,1-2H3,(H,19,20). The van der Waals surface area contributed by atoms with Gasteiger partial charge in [-0.2, -0.15) is 0 Å². The minimum atomic E-state index is -0.268. The Morgan fingerprint density at radius 3 is 2.87 bits per heavy atom. The molecule has 0 aliphatic heterocycles. The number of carbonyl (C=O) groups excluding carboxylic acids is 1. The quantitative estimate of drug-likeness (QED) is 0.542. The maximum absolute atomic E-state index is 12.5. The number of nitrogens with zero attached hydrogens (tertiary/aromatic N) is 1. The minimum Gasteiger partial charge on any atom is -0.497 e. The number of ketones is 1. The molecular formula is C17H15ClN2O2S. The molecule has 0 radical (unpaired) electrons. The predicted molar refractivity (Wildman–Crippen MR) is 93.7 cm³/mol. The number of Topliss-reactive ketones (excluding diaryl/α,β-unsaturated/α-hetero) is 1. The van der Waals surface area contributed by atoms with Crippen LogP contribution in [0.2, 0.25) is 5.02 Å². The molecule has 1 aromatic heterocycles. The molecule has 1 unspecified atom stereocenters. The number of fused-ring (bicyclic) bond motifs is 1. The monoisotopic (exact) mass is 346 g/mol. The van der Waals surface area contributed by atoms with Gasteiger partial charge in [-0.15, -0.1) is 0 Å². The molecule has 0 saturated heterocycles. The van der Waals surface area contributed by atoms with Gasteiger partial charge in [-0.1, -0.05) is 35.5 Å². The summed E-state index contributed by atoms with van der Waals surface area (Å²) in [5, 5.41) is 0.996. The first-order chi connectivity index (χ1) is 11.1. The molecule has 23 heavy (non-hydrogen) atoms. The fourth-order valence-electron chi connectivity index (χ4n) is 2.25. The SMILES string of the molecule is COc1ccc2nc(SC(C)C(=O)c3cccc(Cl)c3)[nH]c2c1. The van der Waals surface area contributed by atoms with Crippen LogP contribution in [0, 0.1) is 0 Å². The third-order valence-electron chi connectivity index (χ3n) is 3.43. The van der Waals surface area contributed by atoms with E-state index in [0.29, 0.717) is 15.7 Å². The maximum Gasteiger partial charge on any atom is 0.176 e. The molecule has 0 aliphatic rings. The highest BCUT2D eigenvalue weighted by atomic mass is 35.5. The summed E-state index contributed by atoms with van der Waals surface area (Å²) in [6.45, 7) is 1.86. The van der Waals surface area contributed by atoms with Gasteiger partial charge in [-0.25, -0.2) is 4.98 Å². The number of aromatic amines is 1. The summed E-state index contributed by atoms with van der Waals surface area (Å²) in [6.07, 6.45) is 0.